The van der Waals surface area contributed by atoms with Crippen molar-refractivity contribution in [2.75, 3.05) is 6.54 Å². The highest BCUT2D eigenvalue weighted by atomic mass is 35.5. The lowest BCUT2D eigenvalue weighted by atomic mass is 10.1. The molecule has 0 spiro atoms. The molecule has 2 amide bonds. The Morgan fingerprint density at radius 3 is 2.45 bits per heavy atom. The summed E-state index contributed by atoms with van der Waals surface area (Å²) in [7, 11) is 0. The molecule has 0 aliphatic rings. The molecule has 1 atom stereocenters. The highest BCUT2D eigenvalue weighted by Gasteiger charge is 2.13. The van der Waals surface area contributed by atoms with Crippen LogP contribution in [0.5, 0.6) is 0 Å². The van der Waals surface area contributed by atoms with Crippen molar-refractivity contribution < 1.29 is 9.59 Å². The number of benzene rings is 1. The van der Waals surface area contributed by atoms with Gasteiger partial charge in [0.1, 0.15) is 0 Å². The number of rotatable bonds is 8. The van der Waals surface area contributed by atoms with Crippen LogP contribution in [0, 0.1) is 0 Å². The van der Waals surface area contributed by atoms with E-state index < -0.39 is 11.9 Å². The Kier molecular flexibility index (Phi) is 9.41. The molecule has 0 saturated heterocycles. The Labute approximate surface area is 125 Å². The van der Waals surface area contributed by atoms with E-state index in [1.807, 2.05) is 18.2 Å². The first-order valence-electron chi connectivity index (χ1n) is 6.45. The summed E-state index contributed by atoms with van der Waals surface area (Å²) < 4.78 is 0. The Hall–Kier alpha value is -1.59. The van der Waals surface area contributed by atoms with Gasteiger partial charge in [-0.2, -0.15) is 0 Å². The molecule has 1 rings (SSSR count). The Morgan fingerprint density at radius 2 is 1.85 bits per heavy atom. The van der Waals surface area contributed by atoms with Crippen LogP contribution in [0.2, 0.25) is 0 Å². The molecule has 1 aromatic carbocycles. The van der Waals surface area contributed by atoms with Gasteiger partial charge in [-0.05, 0) is 24.8 Å². The number of carbonyl (C=O) groups is 2. The van der Waals surface area contributed by atoms with Gasteiger partial charge in [-0.1, -0.05) is 30.3 Å². The molecule has 0 radical (unpaired) electrons. The minimum absolute atomic E-state index is 0. The first-order valence-corrected chi connectivity index (χ1v) is 6.45. The van der Waals surface area contributed by atoms with Gasteiger partial charge in [0.25, 0.3) is 0 Å². The molecular weight excluding hydrogens is 278 g/mol. The maximum absolute atomic E-state index is 11.6. The van der Waals surface area contributed by atoms with Gasteiger partial charge in [0.05, 0.1) is 6.04 Å². The molecule has 0 aliphatic carbocycles. The van der Waals surface area contributed by atoms with Crippen molar-refractivity contribution in [1.82, 2.24) is 5.32 Å². The molecule has 0 aliphatic heterocycles. The summed E-state index contributed by atoms with van der Waals surface area (Å²) in [4.78, 5) is 22.2. The lowest BCUT2D eigenvalue weighted by Gasteiger charge is -2.11. The summed E-state index contributed by atoms with van der Waals surface area (Å²) in [6.07, 6.45) is 2.20. The van der Waals surface area contributed by atoms with Crippen LogP contribution in [0.25, 0.3) is 0 Å². The third-order valence-corrected chi connectivity index (χ3v) is 2.82. The Balaban J connectivity index is 0.00000361. The molecule has 0 heterocycles. The van der Waals surface area contributed by atoms with E-state index in [0.29, 0.717) is 13.0 Å². The van der Waals surface area contributed by atoms with Gasteiger partial charge in [0.2, 0.25) is 11.8 Å². The van der Waals surface area contributed by atoms with Gasteiger partial charge < -0.3 is 16.8 Å². The van der Waals surface area contributed by atoms with E-state index in [1.165, 1.54) is 5.56 Å². The second kappa shape index (κ2) is 10.2. The van der Waals surface area contributed by atoms with Crippen LogP contribution in [0.15, 0.2) is 30.3 Å². The van der Waals surface area contributed by atoms with E-state index in [-0.39, 0.29) is 24.7 Å². The molecule has 0 saturated carbocycles. The summed E-state index contributed by atoms with van der Waals surface area (Å²) >= 11 is 0. The second-order valence-electron chi connectivity index (χ2n) is 4.49. The van der Waals surface area contributed by atoms with Gasteiger partial charge in [-0.25, -0.2) is 0 Å². The summed E-state index contributed by atoms with van der Waals surface area (Å²) in [5.41, 5.74) is 11.9. The fourth-order valence-electron chi connectivity index (χ4n) is 1.71. The molecule has 0 bridgehead atoms. The van der Waals surface area contributed by atoms with Crippen LogP contribution in [-0.2, 0) is 16.0 Å². The van der Waals surface area contributed by atoms with Crippen LogP contribution in [0.1, 0.15) is 24.8 Å². The van der Waals surface area contributed by atoms with Crippen LogP contribution >= 0.6 is 12.4 Å². The van der Waals surface area contributed by atoms with Crippen molar-refractivity contribution in [1.29, 1.82) is 0 Å². The average Bonchev–Trinajstić information content (AvgIpc) is 2.41. The lowest BCUT2D eigenvalue weighted by Crippen LogP contribution is -2.41. The number of aryl methyl sites for hydroxylation is 1. The number of amides is 2. The molecule has 0 fully saturated rings. The number of nitrogens with one attached hydrogen (secondary N) is 1. The predicted octanol–water partition coefficient (Wildman–Crippen LogP) is 0.750. The zero-order valence-corrected chi connectivity index (χ0v) is 12.2. The van der Waals surface area contributed by atoms with Crippen LogP contribution in [-0.4, -0.2) is 24.4 Å². The topological polar surface area (TPSA) is 98.2 Å². The smallest absolute Gasteiger partial charge is 0.236 e. The normalized spacial score (nSPS) is 11.2. The standard InChI is InChI=1S/C14H21N3O2.ClH/c15-12(8-9-13(16)18)14(19)17-10-4-7-11-5-2-1-3-6-11;/h1-3,5-6,12H,4,7-10,15H2,(H2,16,18)(H,17,19);1H/t12-;/m1./s1. The first kappa shape index (κ1) is 18.4. The molecule has 1 aromatic rings. The third kappa shape index (κ3) is 7.76. The monoisotopic (exact) mass is 299 g/mol. The van der Waals surface area contributed by atoms with Gasteiger partial charge >= 0.3 is 0 Å². The Morgan fingerprint density at radius 1 is 1.20 bits per heavy atom. The minimum Gasteiger partial charge on any atom is -0.370 e. The van der Waals surface area contributed by atoms with Crippen LogP contribution < -0.4 is 16.8 Å². The fraction of sp³-hybridized carbons (Fsp3) is 0.429. The highest BCUT2D eigenvalue weighted by molar-refractivity contribution is 5.85. The summed E-state index contributed by atoms with van der Waals surface area (Å²) in [5.74, 6) is -0.665. The Bertz CT molecular complexity index is 412. The van der Waals surface area contributed by atoms with Crippen molar-refractivity contribution in [2.45, 2.75) is 31.7 Å². The molecule has 0 unspecified atom stereocenters. The predicted molar refractivity (Wildman–Crippen MR) is 81.4 cm³/mol. The van der Waals surface area contributed by atoms with E-state index >= 15 is 0 Å². The van der Waals surface area contributed by atoms with Gasteiger partial charge in [0, 0.05) is 13.0 Å². The number of primary amides is 1. The maximum atomic E-state index is 11.6. The molecule has 6 heteroatoms. The fourth-order valence-corrected chi connectivity index (χ4v) is 1.71. The van der Waals surface area contributed by atoms with E-state index in [4.69, 9.17) is 11.5 Å². The van der Waals surface area contributed by atoms with Crippen molar-refractivity contribution in [3.05, 3.63) is 35.9 Å². The van der Waals surface area contributed by atoms with E-state index in [2.05, 4.69) is 17.4 Å². The zero-order chi connectivity index (χ0) is 14.1. The number of halogens is 1. The molecule has 0 aromatic heterocycles. The van der Waals surface area contributed by atoms with Gasteiger partial charge in [-0.15, -0.1) is 12.4 Å². The number of hydrogen-bond donors (Lipinski definition) is 3. The molecular formula is C14H22ClN3O2. The summed E-state index contributed by atoms with van der Waals surface area (Å²) in [5, 5.41) is 2.76. The SMILES string of the molecule is Cl.NC(=O)CC[C@@H](N)C(=O)NCCCc1ccccc1. The van der Waals surface area contributed by atoms with E-state index in [0.717, 1.165) is 12.8 Å². The number of nitrogens with two attached hydrogens (primary N) is 2. The van der Waals surface area contributed by atoms with E-state index in [1.54, 1.807) is 0 Å². The lowest BCUT2D eigenvalue weighted by molar-refractivity contribution is -0.122. The van der Waals surface area contributed by atoms with E-state index in [9.17, 15) is 9.59 Å². The molecule has 5 nitrogen and oxygen atoms in total. The molecule has 20 heavy (non-hydrogen) atoms. The van der Waals surface area contributed by atoms with Crippen molar-refractivity contribution >= 4 is 24.2 Å². The molecule has 112 valence electrons. The van der Waals surface area contributed by atoms with Crippen molar-refractivity contribution in [2.24, 2.45) is 11.5 Å². The largest absolute Gasteiger partial charge is 0.370 e. The average molecular weight is 300 g/mol. The zero-order valence-electron chi connectivity index (χ0n) is 11.4. The maximum Gasteiger partial charge on any atom is 0.236 e. The molecule has 5 N–H and O–H groups in total. The number of carbonyl (C=O) groups excluding carboxylic acids is 2. The van der Waals surface area contributed by atoms with Gasteiger partial charge in [0.15, 0.2) is 0 Å². The minimum atomic E-state index is -0.663. The van der Waals surface area contributed by atoms with Crippen LogP contribution in [0.3, 0.4) is 0 Å². The third-order valence-electron chi connectivity index (χ3n) is 2.82. The van der Waals surface area contributed by atoms with Gasteiger partial charge in [-0.3, -0.25) is 9.59 Å². The quantitative estimate of drug-likeness (QED) is 0.618. The highest BCUT2D eigenvalue weighted by Crippen LogP contribution is 2.01. The van der Waals surface area contributed by atoms with Crippen molar-refractivity contribution in [3.63, 3.8) is 0 Å². The van der Waals surface area contributed by atoms with Crippen molar-refractivity contribution in [3.8, 4) is 0 Å². The second-order valence-corrected chi connectivity index (χ2v) is 4.49. The summed E-state index contributed by atoms with van der Waals surface area (Å²) in [6, 6.07) is 9.41. The first-order chi connectivity index (χ1) is 9.09. The van der Waals surface area contributed by atoms with Crippen LogP contribution in [0.4, 0.5) is 0 Å². The number of hydrogen-bond acceptors (Lipinski definition) is 3. The summed E-state index contributed by atoms with van der Waals surface area (Å²) in [6.45, 7) is 0.581.